The minimum atomic E-state index is -0.341. The summed E-state index contributed by atoms with van der Waals surface area (Å²) in [5.74, 6) is 0.190. The summed E-state index contributed by atoms with van der Waals surface area (Å²) in [6.07, 6.45) is 1.13. The van der Waals surface area contributed by atoms with E-state index < -0.39 is 0 Å². The summed E-state index contributed by atoms with van der Waals surface area (Å²) < 4.78 is 12.7. The molecule has 1 aliphatic rings. The molecular formula is C9H7BrClF. The number of alkyl halides is 1. The molecule has 0 amide bonds. The molecular weight excluding hydrogens is 242 g/mol. The monoisotopic (exact) mass is 248 g/mol. The van der Waals surface area contributed by atoms with Crippen LogP contribution in [0.3, 0.4) is 0 Å². The number of hydrogen-bond donors (Lipinski definition) is 0. The second kappa shape index (κ2) is 3.00. The maximum absolute atomic E-state index is 12.7. The third-order valence-electron chi connectivity index (χ3n) is 2.08. The summed E-state index contributed by atoms with van der Waals surface area (Å²) in [5, 5.41) is 0.221. The van der Waals surface area contributed by atoms with Crippen molar-refractivity contribution in [1.82, 2.24) is 0 Å². The maximum atomic E-state index is 12.7. The summed E-state index contributed by atoms with van der Waals surface area (Å²) in [6, 6.07) is 4.94. The van der Waals surface area contributed by atoms with Crippen molar-refractivity contribution in [2.75, 3.05) is 0 Å². The van der Waals surface area contributed by atoms with Gasteiger partial charge < -0.3 is 0 Å². The van der Waals surface area contributed by atoms with Crippen molar-refractivity contribution in [1.29, 1.82) is 0 Å². The molecule has 3 heteroatoms. The molecule has 1 aliphatic carbocycles. The standard InChI is InChI=1S/C9H7BrClF/c10-7-4-6(7)5-1-2-9(12)8(11)3-5/h1-3,6-7H,4H2/t6-,7+/m0/s1. The van der Waals surface area contributed by atoms with E-state index in [1.165, 1.54) is 6.07 Å². The minimum absolute atomic E-state index is 0.221. The van der Waals surface area contributed by atoms with E-state index in [2.05, 4.69) is 15.9 Å². The molecule has 0 nitrogen and oxygen atoms in total. The van der Waals surface area contributed by atoms with Gasteiger partial charge in [-0.3, -0.25) is 0 Å². The zero-order valence-corrected chi connectivity index (χ0v) is 8.57. The molecule has 0 aromatic heterocycles. The molecule has 2 atom stereocenters. The predicted molar refractivity (Wildman–Crippen MR) is 51.5 cm³/mol. The van der Waals surface area contributed by atoms with Gasteiger partial charge in [0.15, 0.2) is 0 Å². The van der Waals surface area contributed by atoms with Gasteiger partial charge in [-0.1, -0.05) is 33.6 Å². The number of benzene rings is 1. The second-order valence-electron chi connectivity index (χ2n) is 3.03. The van der Waals surface area contributed by atoms with Crippen molar-refractivity contribution in [3.05, 3.63) is 34.6 Å². The Hall–Kier alpha value is -0.0800. The van der Waals surface area contributed by atoms with Crippen LogP contribution < -0.4 is 0 Å². The van der Waals surface area contributed by atoms with Crippen molar-refractivity contribution in [3.63, 3.8) is 0 Å². The average molecular weight is 250 g/mol. The molecule has 0 aliphatic heterocycles. The Morgan fingerprint density at radius 2 is 2.17 bits per heavy atom. The Kier molecular flexibility index (Phi) is 2.13. The molecule has 0 spiro atoms. The fraction of sp³-hybridized carbons (Fsp3) is 0.333. The molecule has 0 radical (unpaired) electrons. The van der Waals surface area contributed by atoms with Gasteiger partial charge in [-0.05, 0) is 30.0 Å². The predicted octanol–water partition coefficient (Wildman–Crippen LogP) is 3.73. The Morgan fingerprint density at radius 1 is 1.50 bits per heavy atom. The van der Waals surface area contributed by atoms with Crippen molar-refractivity contribution >= 4 is 27.5 Å². The highest BCUT2D eigenvalue weighted by atomic mass is 79.9. The number of hydrogen-bond acceptors (Lipinski definition) is 0. The molecule has 1 fully saturated rings. The first-order chi connectivity index (χ1) is 5.68. The quantitative estimate of drug-likeness (QED) is 0.665. The van der Waals surface area contributed by atoms with Crippen LogP contribution in [0.25, 0.3) is 0 Å². The first-order valence-corrected chi connectivity index (χ1v) is 5.07. The molecule has 0 N–H and O–H groups in total. The van der Waals surface area contributed by atoms with Crippen LogP contribution in [0.2, 0.25) is 5.02 Å². The van der Waals surface area contributed by atoms with E-state index in [1.54, 1.807) is 12.1 Å². The summed E-state index contributed by atoms with van der Waals surface area (Å²) in [4.78, 5) is 0.555. The number of rotatable bonds is 1. The lowest BCUT2D eigenvalue weighted by atomic mass is 10.1. The third-order valence-corrected chi connectivity index (χ3v) is 3.39. The van der Waals surface area contributed by atoms with Crippen LogP contribution in [0.1, 0.15) is 17.9 Å². The molecule has 1 saturated carbocycles. The summed E-state index contributed by atoms with van der Waals surface area (Å²) in [7, 11) is 0. The fourth-order valence-corrected chi connectivity index (χ4v) is 2.15. The normalized spacial score (nSPS) is 27.2. The topological polar surface area (TPSA) is 0 Å². The van der Waals surface area contributed by atoms with Gasteiger partial charge in [-0.25, -0.2) is 4.39 Å². The zero-order chi connectivity index (χ0) is 8.72. The SMILES string of the molecule is Fc1ccc([C@@H]2C[C@H]2Br)cc1Cl. The van der Waals surface area contributed by atoms with Gasteiger partial charge in [0.1, 0.15) is 5.82 Å². The van der Waals surface area contributed by atoms with Crippen molar-refractivity contribution in [3.8, 4) is 0 Å². The maximum Gasteiger partial charge on any atom is 0.141 e. The summed E-state index contributed by atoms with van der Waals surface area (Å²) >= 11 is 9.13. The van der Waals surface area contributed by atoms with Crippen LogP contribution in [0.5, 0.6) is 0 Å². The van der Waals surface area contributed by atoms with Gasteiger partial charge in [0.2, 0.25) is 0 Å². The number of halogens is 3. The lowest BCUT2D eigenvalue weighted by molar-refractivity contribution is 0.627. The van der Waals surface area contributed by atoms with Gasteiger partial charge >= 0.3 is 0 Å². The molecule has 2 rings (SSSR count). The van der Waals surface area contributed by atoms with Crippen LogP contribution in [-0.4, -0.2) is 4.83 Å². The van der Waals surface area contributed by atoms with E-state index in [0.29, 0.717) is 10.7 Å². The highest BCUT2D eigenvalue weighted by molar-refractivity contribution is 9.09. The largest absolute Gasteiger partial charge is 0.205 e. The molecule has 0 saturated heterocycles. The van der Waals surface area contributed by atoms with Gasteiger partial charge in [-0.15, -0.1) is 0 Å². The Bertz CT molecular complexity index is 313. The van der Waals surface area contributed by atoms with Crippen LogP contribution in [0.4, 0.5) is 4.39 Å². The summed E-state index contributed by atoms with van der Waals surface area (Å²) in [6.45, 7) is 0. The van der Waals surface area contributed by atoms with Crippen LogP contribution in [0, 0.1) is 5.82 Å². The Balaban J connectivity index is 2.29. The van der Waals surface area contributed by atoms with E-state index in [4.69, 9.17) is 11.6 Å². The van der Waals surface area contributed by atoms with E-state index in [9.17, 15) is 4.39 Å². The smallest absolute Gasteiger partial charge is 0.141 e. The lowest BCUT2D eigenvalue weighted by Crippen LogP contribution is -1.84. The third kappa shape index (κ3) is 1.50. The first-order valence-electron chi connectivity index (χ1n) is 3.77. The molecule has 0 heterocycles. The average Bonchev–Trinajstić information content (AvgIpc) is 2.73. The lowest BCUT2D eigenvalue weighted by Gasteiger charge is -1.99. The van der Waals surface area contributed by atoms with E-state index in [-0.39, 0.29) is 10.8 Å². The zero-order valence-electron chi connectivity index (χ0n) is 6.23. The van der Waals surface area contributed by atoms with Crippen LogP contribution in [-0.2, 0) is 0 Å². The van der Waals surface area contributed by atoms with Gasteiger partial charge in [0, 0.05) is 4.83 Å². The second-order valence-corrected chi connectivity index (χ2v) is 4.62. The van der Waals surface area contributed by atoms with E-state index in [1.807, 2.05) is 0 Å². The van der Waals surface area contributed by atoms with Crippen molar-refractivity contribution < 1.29 is 4.39 Å². The Morgan fingerprint density at radius 3 is 2.67 bits per heavy atom. The van der Waals surface area contributed by atoms with Gasteiger partial charge in [0.25, 0.3) is 0 Å². The van der Waals surface area contributed by atoms with Crippen molar-refractivity contribution in [2.24, 2.45) is 0 Å². The summed E-state index contributed by atoms with van der Waals surface area (Å²) in [5.41, 5.74) is 1.13. The highest BCUT2D eigenvalue weighted by Gasteiger charge is 2.36. The highest BCUT2D eigenvalue weighted by Crippen LogP contribution is 2.46. The van der Waals surface area contributed by atoms with Crippen molar-refractivity contribution in [2.45, 2.75) is 17.2 Å². The van der Waals surface area contributed by atoms with Crippen LogP contribution in [0.15, 0.2) is 18.2 Å². The van der Waals surface area contributed by atoms with Gasteiger partial charge in [0.05, 0.1) is 5.02 Å². The van der Waals surface area contributed by atoms with E-state index >= 15 is 0 Å². The molecule has 1 aromatic carbocycles. The molecule has 64 valence electrons. The van der Waals surface area contributed by atoms with Gasteiger partial charge in [-0.2, -0.15) is 0 Å². The molecule has 0 bridgehead atoms. The Labute approximate surface area is 83.9 Å². The minimum Gasteiger partial charge on any atom is -0.205 e. The first kappa shape index (κ1) is 8.52. The molecule has 12 heavy (non-hydrogen) atoms. The van der Waals surface area contributed by atoms with Crippen LogP contribution >= 0.6 is 27.5 Å². The molecule has 0 unspecified atom stereocenters. The fourth-order valence-electron chi connectivity index (χ4n) is 1.25. The molecule has 1 aromatic rings. The van der Waals surface area contributed by atoms with E-state index in [0.717, 1.165) is 12.0 Å².